The zero-order valence-corrected chi connectivity index (χ0v) is 14.3. The maximum atomic E-state index is 11.8. The molecule has 0 spiro atoms. The van der Waals surface area contributed by atoms with Crippen LogP contribution in [0.1, 0.15) is 35.1 Å². The van der Waals surface area contributed by atoms with Crippen molar-refractivity contribution >= 4 is 11.8 Å². The van der Waals surface area contributed by atoms with Gasteiger partial charge >= 0.3 is 0 Å². The summed E-state index contributed by atoms with van der Waals surface area (Å²) in [5, 5.41) is 5.68. The standard InChI is InChI=1S/C20H24N2O2/c1-15-6-8-17(9-7-15)13-21-19(23)10-11-20(24)22-14-18-5-3-4-16(2)12-18/h3-9,12H,10-11,13-14H2,1-2H3,(H,21,23)(H,22,24). The van der Waals surface area contributed by atoms with Crippen LogP contribution < -0.4 is 10.6 Å². The molecule has 0 radical (unpaired) electrons. The van der Waals surface area contributed by atoms with E-state index in [2.05, 4.69) is 10.6 Å². The Morgan fingerprint density at radius 3 is 1.92 bits per heavy atom. The Balaban J connectivity index is 1.65. The fourth-order valence-corrected chi connectivity index (χ4v) is 2.33. The number of carbonyl (C=O) groups excluding carboxylic acids is 2. The first-order chi connectivity index (χ1) is 11.5. The molecule has 0 heterocycles. The number of hydrogen-bond donors (Lipinski definition) is 2. The predicted octanol–water partition coefficient (Wildman–Crippen LogP) is 3.02. The molecule has 0 atom stereocenters. The summed E-state index contributed by atoms with van der Waals surface area (Å²) in [6, 6.07) is 16.0. The summed E-state index contributed by atoms with van der Waals surface area (Å²) in [6.07, 6.45) is 0.400. The average molecular weight is 324 g/mol. The van der Waals surface area contributed by atoms with Crippen molar-refractivity contribution in [2.45, 2.75) is 39.8 Å². The fourth-order valence-electron chi connectivity index (χ4n) is 2.33. The van der Waals surface area contributed by atoms with Crippen LogP contribution in [-0.4, -0.2) is 11.8 Å². The second kappa shape index (κ2) is 8.87. The minimum atomic E-state index is -0.110. The van der Waals surface area contributed by atoms with Gasteiger partial charge < -0.3 is 10.6 Å². The van der Waals surface area contributed by atoms with E-state index in [-0.39, 0.29) is 24.7 Å². The molecule has 4 nitrogen and oxygen atoms in total. The molecule has 0 saturated carbocycles. The van der Waals surface area contributed by atoms with Crippen molar-refractivity contribution in [3.05, 3.63) is 70.8 Å². The topological polar surface area (TPSA) is 58.2 Å². The van der Waals surface area contributed by atoms with Crippen molar-refractivity contribution in [3.63, 3.8) is 0 Å². The van der Waals surface area contributed by atoms with Crippen LogP contribution in [0.3, 0.4) is 0 Å². The van der Waals surface area contributed by atoms with Gasteiger partial charge in [-0.05, 0) is 25.0 Å². The molecule has 0 saturated heterocycles. The molecule has 0 aromatic heterocycles. The van der Waals surface area contributed by atoms with Gasteiger partial charge in [-0.1, -0.05) is 59.7 Å². The summed E-state index contributed by atoms with van der Waals surface area (Å²) >= 11 is 0. The van der Waals surface area contributed by atoms with Gasteiger partial charge in [0.2, 0.25) is 11.8 Å². The largest absolute Gasteiger partial charge is 0.352 e. The lowest BCUT2D eigenvalue weighted by molar-refractivity contribution is -0.126. The molecule has 0 aliphatic carbocycles. The highest BCUT2D eigenvalue weighted by Gasteiger charge is 2.07. The molecule has 2 amide bonds. The average Bonchev–Trinajstić information content (AvgIpc) is 2.57. The van der Waals surface area contributed by atoms with Crippen molar-refractivity contribution in [1.82, 2.24) is 10.6 Å². The van der Waals surface area contributed by atoms with E-state index in [1.165, 1.54) is 5.56 Å². The van der Waals surface area contributed by atoms with Gasteiger partial charge in [0.1, 0.15) is 0 Å². The van der Waals surface area contributed by atoms with Gasteiger partial charge in [0.15, 0.2) is 0 Å². The zero-order valence-electron chi connectivity index (χ0n) is 14.3. The highest BCUT2D eigenvalue weighted by Crippen LogP contribution is 2.04. The Morgan fingerprint density at radius 1 is 0.750 bits per heavy atom. The second-order valence-electron chi connectivity index (χ2n) is 6.03. The van der Waals surface area contributed by atoms with E-state index in [0.717, 1.165) is 16.7 Å². The smallest absolute Gasteiger partial charge is 0.220 e. The Bertz CT molecular complexity index is 693. The van der Waals surface area contributed by atoms with Crippen LogP contribution >= 0.6 is 0 Å². The molecule has 2 aromatic carbocycles. The molecular weight excluding hydrogens is 300 g/mol. The van der Waals surface area contributed by atoms with E-state index in [1.54, 1.807) is 0 Å². The highest BCUT2D eigenvalue weighted by molar-refractivity contribution is 5.83. The van der Waals surface area contributed by atoms with Gasteiger partial charge in [0, 0.05) is 25.9 Å². The molecule has 24 heavy (non-hydrogen) atoms. The van der Waals surface area contributed by atoms with Gasteiger partial charge in [-0.3, -0.25) is 9.59 Å². The van der Waals surface area contributed by atoms with E-state index < -0.39 is 0 Å². The number of rotatable bonds is 7. The molecule has 0 aliphatic rings. The Morgan fingerprint density at radius 2 is 1.33 bits per heavy atom. The number of benzene rings is 2. The number of nitrogens with one attached hydrogen (secondary N) is 2. The number of hydrogen-bond acceptors (Lipinski definition) is 2. The lowest BCUT2D eigenvalue weighted by atomic mass is 10.1. The summed E-state index contributed by atoms with van der Waals surface area (Å²) in [5.41, 5.74) is 4.47. The van der Waals surface area contributed by atoms with Gasteiger partial charge in [0.05, 0.1) is 0 Å². The molecule has 2 N–H and O–H groups in total. The second-order valence-corrected chi connectivity index (χ2v) is 6.03. The van der Waals surface area contributed by atoms with E-state index >= 15 is 0 Å². The third-order valence-corrected chi connectivity index (χ3v) is 3.76. The molecule has 4 heteroatoms. The van der Waals surface area contributed by atoms with Crippen LogP contribution in [0.5, 0.6) is 0 Å². The monoisotopic (exact) mass is 324 g/mol. The third kappa shape index (κ3) is 6.24. The maximum Gasteiger partial charge on any atom is 0.220 e. The van der Waals surface area contributed by atoms with Crippen molar-refractivity contribution in [2.75, 3.05) is 0 Å². The molecule has 0 bridgehead atoms. The first-order valence-electron chi connectivity index (χ1n) is 8.17. The normalized spacial score (nSPS) is 10.2. The van der Waals surface area contributed by atoms with E-state index in [1.807, 2.05) is 62.4 Å². The summed E-state index contributed by atoms with van der Waals surface area (Å²) in [6.45, 7) is 5.02. The van der Waals surface area contributed by atoms with E-state index in [0.29, 0.717) is 13.1 Å². The van der Waals surface area contributed by atoms with E-state index in [4.69, 9.17) is 0 Å². The van der Waals surface area contributed by atoms with Crippen molar-refractivity contribution < 1.29 is 9.59 Å². The maximum absolute atomic E-state index is 11.8. The zero-order chi connectivity index (χ0) is 17.4. The molecule has 0 unspecified atom stereocenters. The molecule has 0 aliphatic heterocycles. The van der Waals surface area contributed by atoms with E-state index in [9.17, 15) is 9.59 Å². The summed E-state index contributed by atoms with van der Waals surface area (Å²) in [5.74, 6) is -0.219. The molecule has 2 aromatic rings. The molecule has 0 fully saturated rings. The SMILES string of the molecule is Cc1ccc(CNC(=O)CCC(=O)NCc2cccc(C)c2)cc1. The minimum absolute atomic E-state index is 0.109. The van der Waals surface area contributed by atoms with Crippen molar-refractivity contribution in [3.8, 4) is 0 Å². The predicted molar refractivity (Wildman–Crippen MR) is 95.3 cm³/mol. The molecular formula is C20H24N2O2. The summed E-state index contributed by atoms with van der Waals surface area (Å²) in [7, 11) is 0. The van der Waals surface area contributed by atoms with Gasteiger partial charge in [0.25, 0.3) is 0 Å². The van der Waals surface area contributed by atoms with Crippen LogP contribution in [0.15, 0.2) is 48.5 Å². The highest BCUT2D eigenvalue weighted by atomic mass is 16.2. The Kier molecular flexibility index (Phi) is 6.55. The van der Waals surface area contributed by atoms with Crippen LogP contribution in [0.2, 0.25) is 0 Å². The van der Waals surface area contributed by atoms with Crippen LogP contribution in [0.4, 0.5) is 0 Å². The van der Waals surface area contributed by atoms with Crippen LogP contribution in [0.25, 0.3) is 0 Å². The first kappa shape index (κ1) is 17.7. The fraction of sp³-hybridized carbons (Fsp3) is 0.300. The van der Waals surface area contributed by atoms with Crippen molar-refractivity contribution in [2.24, 2.45) is 0 Å². The summed E-state index contributed by atoms with van der Waals surface area (Å²) in [4.78, 5) is 23.6. The lowest BCUT2D eigenvalue weighted by Crippen LogP contribution is -2.27. The Labute approximate surface area is 143 Å². The van der Waals surface area contributed by atoms with Crippen LogP contribution in [-0.2, 0) is 22.7 Å². The van der Waals surface area contributed by atoms with Gasteiger partial charge in [-0.15, -0.1) is 0 Å². The summed E-state index contributed by atoms with van der Waals surface area (Å²) < 4.78 is 0. The quantitative estimate of drug-likeness (QED) is 0.822. The lowest BCUT2D eigenvalue weighted by Gasteiger charge is -2.07. The number of carbonyl (C=O) groups is 2. The van der Waals surface area contributed by atoms with Gasteiger partial charge in [-0.25, -0.2) is 0 Å². The number of amides is 2. The van der Waals surface area contributed by atoms with Gasteiger partial charge in [-0.2, -0.15) is 0 Å². The van der Waals surface area contributed by atoms with Crippen LogP contribution in [0, 0.1) is 13.8 Å². The number of aryl methyl sites for hydroxylation is 2. The first-order valence-corrected chi connectivity index (χ1v) is 8.17. The minimum Gasteiger partial charge on any atom is -0.352 e. The van der Waals surface area contributed by atoms with Crippen molar-refractivity contribution in [1.29, 1.82) is 0 Å². The molecule has 126 valence electrons. The Hall–Kier alpha value is -2.62. The third-order valence-electron chi connectivity index (χ3n) is 3.76. The molecule has 2 rings (SSSR count).